The molecule has 0 aromatic carbocycles. The molecule has 1 N–H and O–H groups in total. The predicted molar refractivity (Wildman–Crippen MR) is 60.7 cm³/mol. The first-order valence-corrected chi connectivity index (χ1v) is 6.02. The van der Waals surface area contributed by atoms with Crippen molar-refractivity contribution in [2.24, 2.45) is 0 Å². The van der Waals surface area contributed by atoms with Gasteiger partial charge in [-0.25, -0.2) is 9.55 Å². The maximum absolute atomic E-state index is 5.31. The minimum absolute atomic E-state index is 0.832. The fourth-order valence-corrected chi connectivity index (χ4v) is 1.69. The van der Waals surface area contributed by atoms with Crippen LogP contribution < -0.4 is 4.57 Å². The summed E-state index contributed by atoms with van der Waals surface area (Å²) in [4.78, 5) is 3.29. The molecule has 0 spiro atoms. The van der Waals surface area contributed by atoms with Gasteiger partial charge in [-0.1, -0.05) is 6.92 Å². The number of nitrogens with one attached hydrogen (secondary N) is 1. The van der Waals surface area contributed by atoms with Gasteiger partial charge in [0.2, 0.25) is 0 Å². The number of hydrogen-bond donors (Lipinski definition) is 1. The molecule has 0 amide bonds. The van der Waals surface area contributed by atoms with Gasteiger partial charge in [0.15, 0.2) is 0 Å². The van der Waals surface area contributed by atoms with Gasteiger partial charge in [0.25, 0.3) is 5.82 Å². The first-order valence-electron chi connectivity index (χ1n) is 6.02. The lowest BCUT2D eigenvalue weighted by Crippen LogP contribution is -2.36. The molecule has 0 aliphatic rings. The fourth-order valence-electron chi connectivity index (χ4n) is 1.69. The van der Waals surface area contributed by atoms with E-state index in [2.05, 4.69) is 22.7 Å². The molecular weight excluding hydrogens is 188 g/mol. The van der Waals surface area contributed by atoms with Crippen LogP contribution in [0.5, 0.6) is 0 Å². The van der Waals surface area contributed by atoms with Crippen LogP contribution in [0.2, 0.25) is 0 Å². The molecule has 0 bridgehead atoms. The summed E-state index contributed by atoms with van der Waals surface area (Å²) in [6.07, 6.45) is 8.83. The normalized spacial score (nSPS) is 10.8. The van der Waals surface area contributed by atoms with Crippen molar-refractivity contribution >= 4 is 0 Å². The summed E-state index contributed by atoms with van der Waals surface area (Å²) in [6, 6.07) is 0. The molecule has 3 heteroatoms. The van der Waals surface area contributed by atoms with Crippen LogP contribution in [0.4, 0.5) is 0 Å². The molecule has 0 saturated heterocycles. The van der Waals surface area contributed by atoms with E-state index in [1.54, 1.807) is 0 Å². The first-order chi connectivity index (χ1) is 7.38. The number of ether oxygens (including phenoxy) is 1. The molecule has 86 valence electrons. The van der Waals surface area contributed by atoms with Crippen LogP contribution in [0.25, 0.3) is 0 Å². The molecule has 1 aromatic heterocycles. The first kappa shape index (κ1) is 12.2. The summed E-state index contributed by atoms with van der Waals surface area (Å²) in [5.41, 5.74) is 0. The maximum Gasteiger partial charge on any atom is 0.254 e. The van der Waals surface area contributed by atoms with Gasteiger partial charge in [-0.15, -0.1) is 0 Å². The lowest BCUT2D eigenvalue weighted by Gasteiger charge is -2.01. The molecule has 15 heavy (non-hydrogen) atoms. The summed E-state index contributed by atoms with van der Waals surface area (Å²) >= 11 is 0. The van der Waals surface area contributed by atoms with Gasteiger partial charge in [0.1, 0.15) is 12.4 Å². The highest BCUT2D eigenvalue weighted by atomic mass is 16.5. The number of aromatic nitrogens is 2. The molecule has 0 unspecified atom stereocenters. The molecule has 1 rings (SSSR count). The van der Waals surface area contributed by atoms with Crippen molar-refractivity contribution in [2.75, 3.05) is 13.2 Å². The Morgan fingerprint density at radius 1 is 1.33 bits per heavy atom. The number of unbranched alkanes of at least 4 members (excludes halogenated alkanes) is 1. The summed E-state index contributed by atoms with van der Waals surface area (Å²) in [6.45, 7) is 7.08. The zero-order valence-electron chi connectivity index (χ0n) is 9.96. The predicted octanol–water partition coefficient (Wildman–Crippen LogP) is 2.07. The zero-order chi connectivity index (χ0) is 10.9. The van der Waals surface area contributed by atoms with Crippen LogP contribution in [0, 0.1) is 0 Å². The summed E-state index contributed by atoms with van der Waals surface area (Å²) < 4.78 is 7.63. The molecular formula is C12H23N2O+. The summed E-state index contributed by atoms with van der Waals surface area (Å²) in [5.74, 6) is 1.34. The topological polar surface area (TPSA) is 28.9 Å². The van der Waals surface area contributed by atoms with Gasteiger partial charge >= 0.3 is 0 Å². The number of nitrogens with zero attached hydrogens (tertiary/aromatic N) is 1. The van der Waals surface area contributed by atoms with E-state index in [4.69, 9.17) is 4.74 Å². The van der Waals surface area contributed by atoms with E-state index in [9.17, 15) is 0 Å². The van der Waals surface area contributed by atoms with Crippen LogP contribution in [0.3, 0.4) is 0 Å². The minimum Gasteiger partial charge on any atom is -0.382 e. The van der Waals surface area contributed by atoms with Gasteiger partial charge in [0, 0.05) is 19.6 Å². The van der Waals surface area contributed by atoms with E-state index < -0.39 is 0 Å². The van der Waals surface area contributed by atoms with Crippen LogP contribution in [0.15, 0.2) is 12.4 Å². The van der Waals surface area contributed by atoms with Crippen molar-refractivity contribution in [2.45, 2.75) is 46.1 Å². The highest BCUT2D eigenvalue weighted by Gasteiger charge is 2.07. The number of H-pyrrole nitrogens is 1. The Kier molecular flexibility index (Phi) is 6.09. The Balaban J connectivity index is 2.21. The lowest BCUT2D eigenvalue weighted by atomic mass is 10.3. The molecule has 3 nitrogen and oxygen atoms in total. The molecule has 0 atom stereocenters. The van der Waals surface area contributed by atoms with Crippen molar-refractivity contribution in [3.8, 4) is 0 Å². The molecule has 0 saturated carbocycles. The Morgan fingerprint density at radius 2 is 2.20 bits per heavy atom. The molecule has 1 heterocycles. The quantitative estimate of drug-likeness (QED) is 0.517. The molecule has 0 aliphatic carbocycles. The molecule has 0 aliphatic heterocycles. The van der Waals surface area contributed by atoms with Gasteiger partial charge < -0.3 is 4.74 Å². The monoisotopic (exact) mass is 211 g/mol. The van der Waals surface area contributed by atoms with E-state index in [1.807, 2.05) is 13.1 Å². The molecule has 1 aromatic rings. The number of rotatable bonds is 8. The average molecular weight is 211 g/mol. The van der Waals surface area contributed by atoms with Crippen molar-refractivity contribution in [3.63, 3.8) is 0 Å². The average Bonchev–Trinajstić information content (AvgIpc) is 2.66. The van der Waals surface area contributed by atoms with E-state index >= 15 is 0 Å². The Labute approximate surface area is 92.5 Å². The van der Waals surface area contributed by atoms with Crippen LogP contribution in [0.1, 0.15) is 38.9 Å². The maximum atomic E-state index is 5.31. The Bertz CT molecular complexity index is 258. The van der Waals surface area contributed by atoms with Gasteiger partial charge in [-0.2, -0.15) is 0 Å². The zero-order valence-corrected chi connectivity index (χ0v) is 9.96. The number of aryl methyl sites for hydroxylation is 2. The number of imidazole rings is 1. The van der Waals surface area contributed by atoms with E-state index in [-0.39, 0.29) is 0 Å². The van der Waals surface area contributed by atoms with Crippen LogP contribution >= 0.6 is 0 Å². The lowest BCUT2D eigenvalue weighted by molar-refractivity contribution is -0.703. The highest BCUT2D eigenvalue weighted by molar-refractivity contribution is 4.76. The number of hydrogen-bond acceptors (Lipinski definition) is 1. The van der Waals surface area contributed by atoms with E-state index in [0.29, 0.717) is 0 Å². The van der Waals surface area contributed by atoms with Crippen LogP contribution in [-0.2, 0) is 17.7 Å². The highest BCUT2D eigenvalue weighted by Crippen LogP contribution is 1.95. The Morgan fingerprint density at radius 3 is 2.93 bits per heavy atom. The van der Waals surface area contributed by atoms with Gasteiger partial charge in [-0.05, 0) is 26.2 Å². The smallest absolute Gasteiger partial charge is 0.254 e. The second-order valence-electron chi connectivity index (χ2n) is 3.75. The van der Waals surface area contributed by atoms with Gasteiger partial charge in [-0.3, -0.25) is 0 Å². The van der Waals surface area contributed by atoms with Crippen molar-refractivity contribution in [1.82, 2.24) is 4.98 Å². The third kappa shape index (κ3) is 4.47. The van der Waals surface area contributed by atoms with Crippen molar-refractivity contribution < 1.29 is 9.30 Å². The number of aromatic amines is 1. The minimum atomic E-state index is 0.832. The second kappa shape index (κ2) is 7.46. The van der Waals surface area contributed by atoms with Crippen molar-refractivity contribution in [1.29, 1.82) is 0 Å². The summed E-state index contributed by atoms with van der Waals surface area (Å²) in [7, 11) is 0. The largest absolute Gasteiger partial charge is 0.382 e. The summed E-state index contributed by atoms with van der Waals surface area (Å²) in [5, 5.41) is 0. The van der Waals surface area contributed by atoms with Crippen LogP contribution in [-0.4, -0.2) is 18.2 Å². The fraction of sp³-hybridized carbons (Fsp3) is 0.750. The molecule has 0 fully saturated rings. The van der Waals surface area contributed by atoms with Crippen molar-refractivity contribution in [3.05, 3.63) is 18.2 Å². The molecule has 0 radical (unpaired) electrons. The van der Waals surface area contributed by atoms with E-state index in [1.165, 1.54) is 18.7 Å². The second-order valence-corrected chi connectivity index (χ2v) is 3.75. The SMILES string of the molecule is CCCc1[nH]cc[n+]1CCCCOCC. The third-order valence-electron chi connectivity index (χ3n) is 2.48. The Hall–Kier alpha value is -0.830. The standard InChI is InChI=1S/C12H22N2O/c1-3-7-12-13-8-10-14(12)9-5-6-11-15-4-2/h8,10H,3-7,9,11H2,1-2H3/p+1. The van der Waals surface area contributed by atoms with Gasteiger partial charge in [0.05, 0.1) is 6.54 Å². The third-order valence-corrected chi connectivity index (χ3v) is 2.48. The van der Waals surface area contributed by atoms with E-state index in [0.717, 1.165) is 32.6 Å².